The maximum atomic E-state index is 12.3. The number of rotatable bonds is 5. The summed E-state index contributed by atoms with van der Waals surface area (Å²) in [5.74, 6) is -0.270. The van der Waals surface area contributed by atoms with E-state index in [1.54, 1.807) is 13.8 Å². The highest BCUT2D eigenvalue weighted by Crippen LogP contribution is 2.27. The van der Waals surface area contributed by atoms with Crippen molar-refractivity contribution < 1.29 is 22.7 Å². The summed E-state index contributed by atoms with van der Waals surface area (Å²) in [6.45, 7) is 3.47. The van der Waals surface area contributed by atoms with Gasteiger partial charge in [-0.2, -0.15) is 13.2 Å². The van der Waals surface area contributed by atoms with E-state index in [0.717, 1.165) is 0 Å². The third-order valence-electron chi connectivity index (χ3n) is 2.47. The predicted octanol–water partition coefficient (Wildman–Crippen LogP) is 1.72. The average Bonchev–Trinajstić information content (AvgIpc) is 2.73. The molecule has 8 heteroatoms. The van der Waals surface area contributed by atoms with Crippen molar-refractivity contribution in [3.05, 3.63) is 17.7 Å². The highest BCUT2D eigenvalue weighted by Gasteiger charge is 2.33. The Morgan fingerprint density at radius 1 is 1.47 bits per heavy atom. The molecule has 0 saturated carbocycles. The summed E-state index contributed by atoms with van der Waals surface area (Å²) < 4.78 is 41.8. The maximum absolute atomic E-state index is 12.3. The van der Waals surface area contributed by atoms with Crippen LogP contribution < -0.4 is 5.32 Å². The number of halogens is 3. The fourth-order valence-corrected chi connectivity index (χ4v) is 1.43. The lowest BCUT2D eigenvalue weighted by atomic mass is 9.94. The molecular weight excluding hydrogens is 263 g/mol. The molecule has 0 bridgehead atoms. The normalized spacial score (nSPS) is 12.5. The average molecular weight is 279 g/mol. The van der Waals surface area contributed by atoms with Crippen LogP contribution in [0.25, 0.3) is 0 Å². The van der Waals surface area contributed by atoms with Gasteiger partial charge in [0.15, 0.2) is 0 Å². The zero-order valence-electron chi connectivity index (χ0n) is 10.9. The van der Waals surface area contributed by atoms with Crippen LogP contribution in [0.3, 0.4) is 0 Å². The number of imidazole rings is 1. The van der Waals surface area contributed by atoms with Gasteiger partial charge in [0.2, 0.25) is 5.91 Å². The number of aromatic amines is 1. The van der Waals surface area contributed by atoms with E-state index >= 15 is 0 Å². The van der Waals surface area contributed by atoms with Gasteiger partial charge in [-0.05, 0) is 13.8 Å². The van der Waals surface area contributed by atoms with E-state index in [4.69, 9.17) is 4.74 Å². The molecule has 108 valence electrons. The lowest BCUT2D eigenvalue weighted by Gasteiger charge is -2.22. The molecule has 0 aliphatic rings. The van der Waals surface area contributed by atoms with Crippen LogP contribution in [0, 0.1) is 5.41 Å². The molecule has 1 aromatic heterocycles. The number of ether oxygens (including phenoxy) is 1. The lowest BCUT2D eigenvalue weighted by molar-refractivity contribution is -0.140. The van der Waals surface area contributed by atoms with Crippen molar-refractivity contribution in [1.82, 2.24) is 15.3 Å². The lowest BCUT2D eigenvalue weighted by Crippen LogP contribution is -2.39. The van der Waals surface area contributed by atoms with Gasteiger partial charge in [-0.25, -0.2) is 4.98 Å². The van der Waals surface area contributed by atoms with Crippen molar-refractivity contribution in [2.24, 2.45) is 5.41 Å². The standard InChI is InChI=1S/C11H16F3N3O2/c1-10(2,6-19-3)9(18)16-5-8-15-4-7(17-8)11(12,13)14/h4H,5-6H2,1-3H3,(H,15,17)(H,16,18). The van der Waals surface area contributed by atoms with Crippen molar-refractivity contribution in [3.8, 4) is 0 Å². The number of amides is 1. The Hall–Kier alpha value is -1.57. The van der Waals surface area contributed by atoms with E-state index in [1.165, 1.54) is 7.11 Å². The number of hydrogen-bond acceptors (Lipinski definition) is 3. The predicted molar refractivity (Wildman–Crippen MR) is 61.1 cm³/mol. The van der Waals surface area contributed by atoms with Crippen molar-refractivity contribution in [3.63, 3.8) is 0 Å². The number of methoxy groups -OCH3 is 1. The van der Waals surface area contributed by atoms with Gasteiger partial charge < -0.3 is 15.0 Å². The van der Waals surface area contributed by atoms with E-state index in [2.05, 4.69) is 15.3 Å². The highest BCUT2D eigenvalue weighted by molar-refractivity contribution is 5.81. The van der Waals surface area contributed by atoms with Crippen LogP contribution in [0.15, 0.2) is 6.20 Å². The summed E-state index contributed by atoms with van der Waals surface area (Å²) in [5, 5.41) is 2.51. The Morgan fingerprint density at radius 2 is 2.11 bits per heavy atom. The van der Waals surface area contributed by atoms with Crippen molar-refractivity contribution in [1.29, 1.82) is 0 Å². The highest BCUT2D eigenvalue weighted by atomic mass is 19.4. The molecule has 5 nitrogen and oxygen atoms in total. The zero-order chi connectivity index (χ0) is 14.7. The molecule has 0 fully saturated rings. The summed E-state index contributed by atoms with van der Waals surface area (Å²) in [6.07, 6.45) is -3.77. The zero-order valence-corrected chi connectivity index (χ0v) is 10.9. The van der Waals surface area contributed by atoms with Crippen LogP contribution in [0.4, 0.5) is 13.2 Å². The summed E-state index contributed by atoms with van der Waals surface area (Å²) in [5.41, 5.74) is -1.69. The molecule has 0 aromatic carbocycles. The van der Waals surface area contributed by atoms with Crippen molar-refractivity contribution in [2.45, 2.75) is 26.6 Å². The van der Waals surface area contributed by atoms with Gasteiger partial charge in [0.05, 0.1) is 24.8 Å². The largest absolute Gasteiger partial charge is 0.432 e. The first-order valence-electron chi connectivity index (χ1n) is 5.55. The van der Waals surface area contributed by atoms with E-state index in [9.17, 15) is 18.0 Å². The van der Waals surface area contributed by atoms with Gasteiger partial charge in [-0.15, -0.1) is 0 Å². The topological polar surface area (TPSA) is 67.0 Å². The quantitative estimate of drug-likeness (QED) is 0.862. The maximum Gasteiger partial charge on any atom is 0.432 e. The Balaban J connectivity index is 2.58. The molecule has 0 aliphatic heterocycles. The summed E-state index contributed by atoms with van der Waals surface area (Å²) in [6, 6.07) is 0. The van der Waals surface area contributed by atoms with E-state index in [1.807, 2.05) is 0 Å². The number of alkyl halides is 3. The minimum absolute atomic E-state index is 0.0499. The first-order valence-corrected chi connectivity index (χ1v) is 5.55. The van der Waals surface area contributed by atoms with E-state index in [-0.39, 0.29) is 24.9 Å². The molecule has 0 unspecified atom stereocenters. The van der Waals surface area contributed by atoms with Gasteiger partial charge >= 0.3 is 6.18 Å². The number of nitrogens with one attached hydrogen (secondary N) is 2. The molecular formula is C11H16F3N3O2. The molecule has 0 atom stereocenters. The summed E-state index contributed by atoms with van der Waals surface area (Å²) in [4.78, 5) is 17.4. The molecule has 0 radical (unpaired) electrons. The first-order chi connectivity index (χ1) is 8.66. The van der Waals surface area contributed by atoms with Crippen LogP contribution >= 0.6 is 0 Å². The number of hydrogen-bond donors (Lipinski definition) is 2. The third-order valence-corrected chi connectivity index (χ3v) is 2.47. The molecule has 1 aromatic rings. The fourth-order valence-electron chi connectivity index (χ4n) is 1.43. The Labute approximate surface area is 108 Å². The van der Waals surface area contributed by atoms with Crippen LogP contribution in [0.1, 0.15) is 25.4 Å². The second kappa shape index (κ2) is 5.60. The summed E-state index contributed by atoms with van der Waals surface area (Å²) in [7, 11) is 1.47. The van der Waals surface area contributed by atoms with Gasteiger partial charge in [-0.1, -0.05) is 0 Å². The Bertz CT molecular complexity index is 441. The monoisotopic (exact) mass is 279 g/mol. The number of carbonyl (C=O) groups excluding carboxylic acids is 1. The Kier molecular flexibility index (Phi) is 4.56. The SMILES string of the molecule is COCC(C)(C)C(=O)NCc1ncc(C(F)(F)F)[nH]1. The molecule has 19 heavy (non-hydrogen) atoms. The molecule has 1 amide bonds. The van der Waals surface area contributed by atoms with Gasteiger partial charge in [0.1, 0.15) is 11.5 Å². The molecule has 2 N–H and O–H groups in total. The van der Waals surface area contributed by atoms with E-state index < -0.39 is 17.3 Å². The first kappa shape index (κ1) is 15.5. The molecule has 1 rings (SSSR count). The second-order valence-corrected chi connectivity index (χ2v) is 4.74. The molecule has 1 heterocycles. The number of nitrogens with zero attached hydrogens (tertiary/aromatic N) is 1. The van der Waals surface area contributed by atoms with Crippen molar-refractivity contribution >= 4 is 5.91 Å². The van der Waals surface area contributed by atoms with Crippen LogP contribution in [-0.2, 0) is 22.3 Å². The van der Waals surface area contributed by atoms with E-state index in [0.29, 0.717) is 6.20 Å². The van der Waals surface area contributed by atoms with Crippen LogP contribution in [-0.4, -0.2) is 29.6 Å². The molecule has 0 spiro atoms. The molecule has 0 saturated heterocycles. The van der Waals surface area contributed by atoms with Gasteiger partial charge in [0, 0.05) is 7.11 Å². The van der Waals surface area contributed by atoms with Crippen LogP contribution in [0.5, 0.6) is 0 Å². The number of H-pyrrole nitrogens is 1. The minimum Gasteiger partial charge on any atom is -0.384 e. The van der Waals surface area contributed by atoms with Gasteiger partial charge in [-0.3, -0.25) is 4.79 Å². The smallest absolute Gasteiger partial charge is 0.384 e. The van der Waals surface area contributed by atoms with Crippen molar-refractivity contribution in [2.75, 3.05) is 13.7 Å². The Morgan fingerprint density at radius 3 is 2.58 bits per heavy atom. The van der Waals surface area contributed by atoms with Crippen LogP contribution in [0.2, 0.25) is 0 Å². The summed E-state index contributed by atoms with van der Waals surface area (Å²) >= 11 is 0. The molecule has 0 aliphatic carbocycles. The second-order valence-electron chi connectivity index (χ2n) is 4.74. The van der Waals surface area contributed by atoms with Gasteiger partial charge in [0.25, 0.3) is 0 Å². The number of aromatic nitrogens is 2. The third kappa shape index (κ3) is 4.23. The number of carbonyl (C=O) groups is 1. The fraction of sp³-hybridized carbons (Fsp3) is 0.636. The minimum atomic E-state index is -4.47.